The lowest BCUT2D eigenvalue weighted by atomic mass is 9.81. The molecule has 5 nitrogen and oxygen atoms in total. The molecule has 1 aromatic carbocycles. The number of allylic oxidation sites excluding steroid dienone is 1. The molecule has 3 atom stereocenters. The Morgan fingerprint density at radius 2 is 1.92 bits per heavy atom. The molecule has 138 valence electrons. The number of aliphatic hydroxyl groups excluding tert-OH is 1. The van der Waals surface area contributed by atoms with Crippen LogP contribution in [0.4, 0.5) is 0 Å². The summed E-state index contributed by atoms with van der Waals surface area (Å²) in [4.78, 5) is 13.0. The second-order valence-corrected chi connectivity index (χ2v) is 8.90. The van der Waals surface area contributed by atoms with Gasteiger partial charge in [0, 0.05) is 12.5 Å². The van der Waals surface area contributed by atoms with Crippen molar-refractivity contribution >= 4 is 15.8 Å². The molecule has 1 fully saturated rings. The van der Waals surface area contributed by atoms with E-state index in [2.05, 4.69) is 6.58 Å². The molecule has 25 heavy (non-hydrogen) atoms. The van der Waals surface area contributed by atoms with Gasteiger partial charge in [0.25, 0.3) is 0 Å². The van der Waals surface area contributed by atoms with E-state index in [9.17, 15) is 18.3 Å². The third kappa shape index (κ3) is 3.37. The summed E-state index contributed by atoms with van der Waals surface area (Å²) in [6.07, 6.45) is 0.999. The molecular formula is C19H26O5S. The number of esters is 1. The van der Waals surface area contributed by atoms with Crippen LogP contribution in [-0.4, -0.2) is 37.0 Å². The van der Waals surface area contributed by atoms with Crippen molar-refractivity contribution in [1.82, 2.24) is 0 Å². The molecule has 0 spiro atoms. The molecule has 1 aliphatic rings. The van der Waals surface area contributed by atoms with E-state index < -0.39 is 32.6 Å². The maximum atomic E-state index is 13.5. The lowest BCUT2D eigenvalue weighted by Gasteiger charge is -2.32. The lowest BCUT2D eigenvalue weighted by Crippen LogP contribution is -2.50. The van der Waals surface area contributed by atoms with Crippen molar-refractivity contribution in [1.29, 1.82) is 0 Å². The van der Waals surface area contributed by atoms with Crippen molar-refractivity contribution in [3.05, 3.63) is 42.5 Å². The van der Waals surface area contributed by atoms with Crippen molar-refractivity contribution in [3.63, 3.8) is 0 Å². The van der Waals surface area contributed by atoms with E-state index >= 15 is 0 Å². The van der Waals surface area contributed by atoms with Crippen LogP contribution in [0, 0.1) is 5.92 Å². The number of sulfone groups is 1. The van der Waals surface area contributed by atoms with Crippen molar-refractivity contribution in [2.75, 3.05) is 6.61 Å². The highest BCUT2D eigenvalue weighted by Gasteiger charge is 2.64. The van der Waals surface area contributed by atoms with Crippen LogP contribution in [-0.2, 0) is 19.4 Å². The number of hydrogen-bond acceptors (Lipinski definition) is 5. The molecule has 2 rings (SSSR count). The molecule has 1 saturated heterocycles. The number of ether oxygens (including phenoxy) is 1. The van der Waals surface area contributed by atoms with Gasteiger partial charge in [0.15, 0.2) is 14.6 Å². The topological polar surface area (TPSA) is 80.7 Å². The number of aliphatic hydroxyl groups is 1. The summed E-state index contributed by atoms with van der Waals surface area (Å²) < 4.78 is 30.8. The lowest BCUT2D eigenvalue weighted by molar-refractivity contribution is -0.143. The van der Waals surface area contributed by atoms with Crippen LogP contribution in [0.2, 0.25) is 0 Å². The van der Waals surface area contributed by atoms with Gasteiger partial charge < -0.3 is 9.84 Å². The van der Waals surface area contributed by atoms with Gasteiger partial charge >= 0.3 is 5.97 Å². The van der Waals surface area contributed by atoms with Crippen molar-refractivity contribution in [2.45, 2.75) is 55.3 Å². The zero-order valence-corrected chi connectivity index (χ0v) is 15.6. The Labute approximate surface area is 149 Å². The molecule has 1 aliphatic heterocycles. The zero-order chi connectivity index (χ0) is 18.7. The minimum absolute atomic E-state index is 0.00601. The van der Waals surface area contributed by atoms with Gasteiger partial charge in [-0.25, -0.2) is 8.42 Å². The zero-order valence-electron chi connectivity index (χ0n) is 14.8. The minimum atomic E-state index is -4.01. The van der Waals surface area contributed by atoms with Crippen molar-refractivity contribution in [3.8, 4) is 0 Å². The smallest absolute Gasteiger partial charge is 0.328 e. The second kappa shape index (κ2) is 7.70. The molecule has 0 aromatic heterocycles. The Kier molecular flexibility index (Phi) is 6.06. The average Bonchev–Trinajstić information content (AvgIpc) is 2.82. The van der Waals surface area contributed by atoms with Crippen LogP contribution in [0.5, 0.6) is 0 Å². The third-order valence-electron chi connectivity index (χ3n) is 4.76. The van der Waals surface area contributed by atoms with E-state index in [4.69, 9.17) is 4.74 Å². The van der Waals surface area contributed by atoms with E-state index in [1.165, 1.54) is 12.1 Å². The maximum absolute atomic E-state index is 13.5. The van der Waals surface area contributed by atoms with E-state index in [1.807, 2.05) is 6.92 Å². The van der Waals surface area contributed by atoms with Crippen LogP contribution < -0.4 is 0 Å². The number of carbonyl (C=O) groups excluding carboxylic acids is 1. The summed E-state index contributed by atoms with van der Waals surface area (Å²) in [6, 6.07) is 7.97. The van der Waals surface area contributed by atoms with Crippen LogP contribution >= 0.6 is 0 Å². The Hall–Kier alpha value is -1.66. The number of benzene rings is 1. The Bertz CT molecular complexity index is 725. The number of carbonyl (C=O) groups is 1. The largest absolute Gasteiger partial charge is 0.461 e. The minimum Gasteiger partial charge on any atom is -0.461 e. The number of cyclic esters (lactones) is 1. The van der Waals surface area contributed by atoms with E-state index in [-0.39, 0.29) is 24.3 Å². The fourth-order valence-corrected chi connectivity index (χ4v) is 6.05. The van der Waals surface area contributed by atoms with Gasteiger partial charge in [-0.3, -0.25) is 4.79 Å². The summed E-state index contributed by atoms with van der Waals surface area (Å²) in [6.45, 7) is 7.29. The molecule has 0 saturated carbocycles. The fourth-order valence-electron chi connectivity index (χ4n) is 3.74. The predicted octanol–water partition coefficient (Wildman–Crippen LogP) is 2.89. The van der Waals surface area contributed by atoms with Gasteiger partial charge in [-0.05, 0) is 38.3 Å². The molecule has 0 aliphatic carbocycles. The second-order valence-electron chi connectivity index (χ2n) is 6.69. The third-order valence-corrected chi connectivity index (χ3v) is 7.23. The molecule has 0 radical (unpaired) electrons. The fraction of sp³-hybridized carbons (Fsp3) is 0.526. The first kappa shape index (κ1) is 19.7. The molecular weight excluding hydrogens is 340 g/mol. The van der Waals surface area contributed by atoms with Gasteiger partial charge in [0.2, 0.25) is 0 Å². The maximum Gasteiger partial charge on any atom is 0.328 e. The normalized spacial score (nSPS) is 26.4. The van der Waals surface area contributed by atoms with E-state index in [1.54, 1.807) is 25.1 Å². The van der Waals surface area contributed by atoms with Crippen molar-refractivity contribution < 1.29 is 23.1 Å². The monoisotopic (exact) mass is 366 g/mol. The average molecular weight is 366 g/mol. The Morgan fingerprint density at radius 3 is 2.44 bits per heavy atom. The summed E-state index contributed by atoms with van der Waals surface area (Å²) in [7, 11) is -4.01. The first-order valence-corrected chi connectivity index (χ1v) is 10.1. The molecule has 1 aromatic rings. The molecule has 1 heterocycles. The van der Waals surface area contributed by atoms with Gasteiger partial charge in [-0.2, -0.15) is 0 Å². The number of hydrogen-bond donors (Lipinski definition) is 1. The summed E-state index contributed by atoms with van der Waals surface area (Å²) >= 11 is 0. The molecule has 0 unspecified atom stereocenters. The predicted molar refractivity (Wildman–Crippen MR) is 95.8 cm³/mol. The van der Waals surface area contributed by atoms with Gasteiger partial charge in [-0.1, -0.05) is 37.1 Å². The van der Waals surface area contributed by atoms with Crippen LogP contribution in [0.1, 0.15) is 39.5 Å². The SMILES string of the molecule is C=C(C)C[C@@]1(S(=O)(=O)c2ccccc2)C(=O)O[C@H](CCC)[C@H]1CCO. The molecule has 0 bridgehead atoms. The van der Waals surface area contributed by atoms with Crippen LogP contribution in [0.15, 0.2) is 47.4 Å². The van der Waals surface area contributed by atoms with E-state index in [0.717, 1.165) is 6.42 Å². The summed E-state index contributed by atoms with van der Waals surface area (Å²) in [5.41, 5.74) is 0.594. The molecule has 6 heteroatoms. The highest BCUT2D eigenvalue weighted by atomic mass is 32.2. The Balaban J connectivity index is 2.67. The Morgan fingerprint density at radius 1 is 1.28 bits per heavy atom. The highest BCUT2D eigenvalue weighted by molar-refractivity contribution is 7.93. The van der Waals surface area contributed by atoms with Crippen LogP contribution in [0.3, 0.4) is 0 Å². The number of rotatable bonds is 8. The van der Waals surface area contributed by atoms with E-state index in [0.29, 0.717) is 12.0 Å². The first-order valence-electron chi connectivity index (χ1n) is 8.57. The summed E-state index contributed by atoms with van der Waals surface area (Å²) in [5, 5.41) is 9.52. The van der Waals surface area contributed by atoms with Crippen LogP contribution in [0.25, 0.3) is 0 Å². The summed E-state index contributed by atoms with van der Waals surface area (Å²) in [5.74, 6) is -1.33. The van der Waals surface area contributed by atoms with Gasteiger partial charge in [0.1, 0.15) is 6.10 Å². The molecule has 0 amide bonds. The highest BCUT2D eigenvalue weighted by Crippen LogP contribution is 2.48. The quantitative estimate of drug-likeness (QED) is 0.565. The molecule has 1 N–H and O–H groups in total. The standard InChI is InChI=1S/C19H26O5S/c1-4-8-17-16(11-12-20)19(13-14(2)3,18(21)24-17)25(22,23)15-9-6-5-7-10-15/h5-7,9-10,16-17,20H,2,4,8,11-13H2,1,3H3/t16-,17-,19+/m1/s1. The van der Waals surface area contributed by atoms with Gasteiger partial charge in [0.05, 0.1) is 4.90 Å². The first-order chi connectivity index (χ1) is 11.8. The van der Waals surface area contributed by atoms with Crippen molar-refractivity contribution in [2.24, 2.45) is 5.92 Å². The van der Waals surface area contributed by atoms with Gasteiger partial charge in [-0.15, -0.1) is 6.58 Å².